The third-order valence-electron chi connectivity index (χ3n) is 3.83. The van der Waals surface area contributed by atoms with Crippen LogP contribution in [0.25, 0.3) is 0 Å². The highest BCUT2D eigenvalue weighted by atomic mass is 79.9. The van der Waals surface area contributed by atoms with Gasteiger partial charge in [-0.15, -0.1) is 0 Å². The Morgan fingerprint density at radius 3 is 3.33 bits per heavy atom. The fraction of sp³-hybridized carbons (Fsp3) is 0.583. The molecule has 80 valence electrons. The van der Waals surface area contributed by atoms with Gasteiger partial charge >= 0.3 is 0 Å². The first kappa shape index (κ1) is 9.64. The molecule has 15 heavy (non-hydrogen) atoms. The summed E-state index contributed by atoms with van der Waals surface area (Å²) in [6.45, 7) is 3.37. The van der Waals surface area contributed by atoms with Crippen LogP contribution in [0, 0.1) is 5.92 Å². The smallest absolute Gasteiger partial charge is 0.129 e. The van der Waals surface area contributed by atoms with Crippen molar-refractivity contribution >= 4 is 21.7 Å². The second kappa shape index (κ2) is 3.21. The summed E-state index contributed by atoms with van der Waals surface area (Å²) in [5.41, 5.74) is 1.87. The molecule has 3 rings (SSSR count). The van der Waals surface area contributed by atoms with E-state index in [1.807, 2.05) is 6.20 Å². The average molecular weight is 267 g/mol. The Kier molecular flexibility index (Phi) is 2.06. The Balaban J connectivity index is 1.95. The summed E-state index contributed by atoms with van der Waals surface area (Å²) in [5, 5.41) is 3.44. The largest absolute Gasteiger partial charge is 0.369 e. The number of nitrogens with zero attached hydrogens (tertiary/aromatic N) is 1. The van der Waals surface area contributed by atoms with E-state index < -0.39 is 0 Å². The van der Waals surface area contributed by atoms with E-state index in [2.05, 4.69) is 39.2 Å². The van der Waals surface area contributed by atoms with Crippen molar-refractivity contribution < 1.29 is 0 Å². The maximum absolute atomic E-state index is 4.43. The van der Waals surface area contributed by atoms with Crippen LogP contribution in [0.1, 0.15) is 31.7 Å². The highest BCUT2D eigenvalue weighted by Crippen LogP contribution is 2.60. The SMILES string of the molecule is CCCC1CC12CNc1ncc(Br)cc12. The van der Waals surface area contributed by atoms with Crippen molar-refractivity contribution in [1.29, 1.82) is 0 Å². The first-order chi connectivity index (χ1) is 7.26. The molecule has 1 N–H and O–H groups in total. The molecule has 2 atom stereocenters. The van der Waals surface area contributed by atoms with Crippen molar-refractivity contribution in [2.45, 2.75) is 31.6 Å². The Bertz CT molecular complexity index is 405. The molecule has 0 saturated heterocycles. The zero-order valence-electron chi connectivity index (χ0n) is 8.89. The van der Waals surface area contributed by atoms with Crippen LogP contribution in [0.15, 0.2) is 16.7 Å². The van der Waals surface area contributed by atoms with Crippen LogP contribution in [-0.2, 0) is 5.41 Å². The highest BCUT2D eigenvalue weighted by Gasteiger charge is 2.58. The lowest BCUT2D eigenvalue weighted by Gasteiger charge is -2.08. The lowest BCUT2D eigenvalue weighted by Crippen LogP contribution is -2.12. The number of halogens is 1. The Labute approximate surface area is 98.6 Å². The zero-order chi connectivity index (χ0) is 10.5. The standard InChI is InChI=1S/C12H15BrN2/c1-2-3-8-5-12(8)7-15-11-10(12)4-9(13)6-14-11/h4,6,8H,2-3,5,7H2,1H3,(H,14,15). The van der Waals surface area contributed by atoms with Crippen molar-refractivity contribution in [1.82, 2.24) is 4.98 Å². The molecule has 1 aliphatic heterocycles. The molecule has 2 heterocycles. The van der Waals surface area contributed by atoms with Gasteiger partial charge in [-0.3, -0.25) is 0 Å². The van der Waals surface area contributed by atoms with Crippen LogP contribution >= 0.6 is 15.9 Å². The molecule has 0 radical (unpaired) electrons. The Hall–Kier alpha value is -0.570. The number of hydrogen-bond donors (Lipinski definition) is 1. The molecule has 1 aromatic rings. The summed E-state index contributed by atoms with van der Waals surface area (Å²) in [7, 11) is 0. The van der Waals surface area contributed by atoms with Gasteiger partial charge < -0.3 is 5.32 Å². The Morgan fingerprint density at radius 1 is 1.67 bits per heavy atom. The summed E-state index contributed by atoms with van der Waals surface area (Å²) in [5.74, 6) is 1.99. The van der Waals surface area contributed by atoms with E-state index in [0.717, 1.165) is 22.8 Å². The summed E-state index contributed by atoms with van der Waals surface area (Å²) in [6.07, 6.45) is 5.87. The van der Waals surface area contributed by atoms with Gasteiger partial charge in [0.15, 0.2) is 0 Å². The van der Waals surface area contributed by atoms with E-state index in [4.69, 9.17) is 0 Å². The van der Waals surface area contributed by atoms with Gasteiger partial charge in [-0.1, -0.05) is 13.3 Å². The van der Waals surface area contributed by atoms with E-state index in [9.17, 15) is 0 Å². The van der Waals surface area contributed by atoms with E-state index in [1.165, 1.54) is 24.8 Å². The predicted molar refractivity (Wildman–Crippen MR) is 65.1 cm³/mol. The highest BCUT2D eigenvalue weighted by molar-refractivity contribution is 9.10. The summed E-state index contributed by atoms with van der Waals surface area (Å²) in [4.78, 5) is 4.43. The number of aromatic nitrogens is 1. The first-order valence-electron chi connectivity index (χ1n) is 5.66. The number of nitrogens with one attached hydrogen (secondary N) is 1. The van der Waals surface area contributed by atoms with Crippen LogP contribution in [-0.4, -0.2) is 11.5 Å². The minimum atomic E-state index is 0.433. The van der Waals surface area contributed by atoms with Gasteiger partial charge in [0.1, 0.15) is 5.82 Å². The van der Waals surface area contributed by atoms with Crippen molar-refractivity contribution in [2.75, 3.05) is 11.9 Å². The summed E-state index contributed by atoms with van der Waals surface area (Å²) in [6, 6.07) is 2.25. The normalized spacial score (nSPS) is 31.5. The minimum Gasteiger partial charge on any atom is -0.369 e. The van der Waals surface area contributed by atoms with Gasteiger partial charge in [-0.25, -0.2) is 4.98 Å². The molecular weight excluding hydrogens is 252 g/mol. The zero-order valence-corrected chi connectivity index (χ0v) is 10.5. The molecule has 0 bridgehead atoms. The second-order valence-corrected chi connectivity index (χ2v) is 5.66. The molecule has 0 aromatic carbocycles. The monoisotopic (exact) mass is 266 g/mol. The average Bonchev–Trinajstić information content (AvgIpc) is 2.79. The van der Waals surface area contributed by atoms with Crippen molar-refractivity contribution in [3.63, 3.8) is 0 Å². The van der Waals surface area contributed by atoms with Crippen LogP contribution in [0.3, 0.4) is 0 Å². The van der Waals surface area contributed by atoms with Gasteiger partial charge in [0.25, 0.3) is 0 Å². The Morgan fingerprint density at radius 2 is 2.53 bits per heavy atom. The summed E-state index contributed by atoms with van der Waals surface area (Å²) < 4.78 is 1.10. The van der Waals surface area contributed by atoms with Crippen LogP contribution in [0.5, 0.6) is 0 Å². The van der Waals surface area contributed by atoms with Crippen molar-refractivity contribution in [2.24, 2.45) is 5.92 Å². The number of pyridine rings is 1. The minimum absolute atomic E-state index is 0.433. The lowest BCUT2D eigenvalue weighted by molar-refractivity contribution is 0.601. The molecule has 0 amide bonds. The molecule has 2 aliphatic rings. The molecule has 1 saturated carbocycles. The van der Waals surface area contributed by atoms with E-state index >= 15 is 0 Å². The molecule has 1 fully saturated rings. The van der Waals surface area contributed by atoms with Gasteiger partial charge in [-0.2, -0.15) is 0 Å². The van der Waals surface area contributed by atoms with E-state index in [1.54, 1.807) is 0 Å². The first-order valence-corrected chi connectivity index (χ1v) is 6.45. The maximum atomic E-state index is 4.43. The van der Waals surface area contributed by atoms with E-state index in [0.29, 0.717) is 5.41 Å². The number of hydrogen-bond acceptors (Lipinski definition) is 2. The molecule has 2 unspecified atom stereocenters. The fourth-order valence-electron chi connectivity index (χ4n) is 2.95. The van der Waals surface area contributed by atoms with Gasteiger partial charge in [-0.05, 0) is 40.8 Å². The summed E-state index contributed by atoms with van der Waals surface area (Å²) >= 11 is 3.51. The van der Waals surface area contributed by atoms with Gasteiger partial charge in [0.2, 0.25) is 0 Å². The quantitative estimate of drug-likeness (QED) is 0.889. The van der Waals surface area contributed by atoms with Crippen LogP contribution in [0.4, 0.5) is 5.82 Å². The third-order valence-corrected chi connectivity index (χ3v) is 4.26. The van der Waals surface area contributed by atoms with Gasteiger partial charge in [0, 0.05) is 28.2 Å². The topological polar surface area (TPSA) is 24.9 Å². The van der Waals surface area contributed by atoms with Crippen molar-refractivity contribution in [3.05, 3.63) is 22.3 Å². The van der Waals surface area contributed by atoms with Crippen LogP contribution < -0.4 is 5.32 Å². The maximum Gasteiger partial charge on any atom is 0.129 e. The second-order valence-electron chi connectivity index (χ2n) is 4.75. The molecular formula is C12H15BrN2. The molecule has 1 aliphatic carbocycles. The molecule has 2 nitrogen and oxygen atoms in total. The third kappa shape index (κ3) is 1.32. The van der Waals surface area contributed by atoms with Crippen molar-refractivity contribution in [3.8, 4) is 0 Å². The number of rotatable bonds is 2. The number of fused-ring (bicyclic) bond motifs is 2. The van der Waals surface area contributed by atoms with E-state index in [-0.39, 0.29) is 0 Å². The fourth-order valence-corrected chi connectivity index (χ4v) is 3.28. The lowest BCUT2D eigenvalue weighted by atomic mass is 9.95. The van der Waals surface area contributed by atoms with Crippen LogP contribution in [0.2, 0.25) is 0 Å². The molecule has 1 aromatic heterocycles. The predicted octanol–water partition coefficient (Wildman–Crippen LogP) is 3.33. The number of anilines is 1. The molecule has 1 spiro atoms. The molecule has 3 heteroatoms. The van der Waals surface area contributed by atoms with Gasteiger partial charge in [0.05, 0.1) is 0 Å².